The van der Waals surface area contributed by atoms with E-state index in [1.807, 2.05) is 0 Å². The van der Waals surface area contributed by atoms with E-state index in [1.54, 1.807) is 43.3 Å². The number of nitrogens with one attached hydrogen (secondary N) is 2. The van der Waals surface area contributed by atoms with Crippen LogP contribution in [-0.4, -0.2) is 26.3 Å². The molecule has 1 atom stereocenters. The van der Waals surface area contributed by atoms with E-state index in [1.165, 1.54) is 12.1 Å². The number of pyridine rings is 1. The van der Waals surface area contributed by atoms with Crippen molar-refractivity contribution in [3.8, 4) is 11.3 Å². The van der Waals surface area contributed by atoms with Gasteiger partial charge in [-0.25, -0.2) is 4.79 Å². The van der Waals surface area contributed by atoms with Crippen LogP contribution >= 0.6 is 0 Å². The van der Waals surface area contributed by atoms with Gasteiger partial charge < -0.3 is 19.0 Å². The first kappa shape index (κ1) is 17.8. The number of aromatic amines is 1. The number of anilines is 1. The van der Waals surface area contributed by atoms with Crippen molar-refractivity contribution >= 4 is 33.8 Å². The van der Waals surface area contributed by atoms with Crippen molar-refractivity contribution in [3.63, 3.8) is 0 Å². The number of aromatic nitrogens is 1. The predicted octanol–water partition coefficient (Wildman–Crippen LogP) is 2.58. The molecule has 0 saturated carbocycles. The third-order valence-corrected chi connectivity index (χ3v) is 4.14. The number of carbonyl (C=O) groups excluding carboxylic acids is 1. The Morgan fingerprint density at radius 2 is 1.92 bits per heavy atom. The maximum atomic E-state index is 12.5. The Labute approximate surface area is 151 Å². The van der Waals surface area contributed by atoms with Crippen LogP contribution in [0.5, 0.6) is 0 Å². The van der Waals surface area contributed by atoms with E-state index in [0.717, 1.165) is 5.56 Å². The van der Waals surface area contributed by atoms with Crippen molar-refractivity contribution in [2.75, 3.05) is 11.3 Å². The fourth-order valence-corrected chi connectivity index (χ4v) is 2.89. The SMILES string of the molecule is CCOC(=O)c1ccc2[nH]c(-c3ccc(NS(=O)[O-])cc3)cc(=O)c2c1. The highest BCUT2D eigenvalue weighted by molar-refractivity contribution is 7.80. The van der Waals surface area contributed by atoms with Gasteiger partial charge in [-0.1, -0.05) is 12.1 Å². The quantitative estimate of drug-likeness (QED) is 0.529. The van der Waals surface area contributed by atoms with Crippen molar-refractivity contribution in [2.45, 2.75) is 6.92 Å². The summed E-state index contributed by atoms with van der Waals surface area (Å²) in [6.07, 6.45) is 0. The number of H-pyrrole nitrogens is 1. The van der Waals surface area contributed by atoms with Crippen molar-refractivity contribution < 1.29 is 18.3 Å². The van der Waals surface area contributed by atoms with Gasteiger partial charge in [-0.2, -0.15) is 0 Å². The van der Waals surface area contributed by atoms with Crippen LogP contribution in [0.3, 0.4) is 0 Å². The monoisotopic (exact) mass is 371 g/mol. The zero-order valence-electron chi connectivity index (χ0n) is 13.8. The van der Waals surface area contributed by atoms with Crippen LogP contribution in [-0.2, 0) is 16.0 Å². The largest absolute Gasteiger partial charge is 0.755 e. The minimum Gasteiger partial charge on any atom is -0.755 e. The summed E-state index contributed by atoms with van der Waals surface area (Å²) >= 11 is -2.39. The van der Waals surface area contributed by atoms with Crippen LogP contribution < -0.4 is 10.2 Å². The molecule has 0 bridgehead atoms. The molecule has 2 aromatic carbocycles. The van der Waals surface area contributed by atoms with Gasteiger partial charge in [0.1, 0.15) is 0 Å². The van der Waals surface area contributed by atoms with Gasteiger partial charge in [0, 0.05) is 39.6 Å². The number of esters is 1. The lowest BCUT2D eigenvalue weighted by Crippen LogP contribution is -2.08. The van der Waals surface area contributed by atoms with E-state index in [2.05, 4.69) is 9.71 Å². The highest BCUT2D eigenvalue weighted by Crippen LogP contribution is 2.21. The Morgan fingerprint density at radius 1 is 1.19 bits per heavy atom. The summed E-state index contributed by atoms with van der Waals surface area (Å²) in [4.78, 5) is 27.4. The average molecular weight is 371 g/mol. The minimum absolute atomic E-state index is 0.234. The van der Waals surface area contributed by atoms with E-state index >= 15 is 0 Å². The maximum Gasteiger partial charge on any atom is 0.338 e. The number of rotatable bonds is 5. The molecule has 3 aromatic rings. The van der Waals surface area contributed by atoms with E-state index < -0.39 is 17.2 Å². The van der Waals surface area contributed by atoms with Crippen molar-refractivity contribution in [2.24, 2.45) is 0 Å². The molecule has 8 heteroatoms. The van der Waals surface area contributed by atoms with Gasteiger partial charge in [-0.05, 0) is 42.8 Å². The predicted molar refractivity (Wildman–Crippen MR) is 98.5 cm³/mol. The summed E-state index contributed by atoms with van der Waals surface area (Å²) < 4.78 is 28.5. The van der Waals surface area contributed by atoms with Gasteiger partial charge >= 0.3 is 5.97 Å². The molecule has 0 aliphatic heterocycles. The number of hydrogen-bond acceptors (Lipinski definition) is 5. The number of benzene rings is 2. The number of carbonyl (C=O) groups is 1. The van der Waals surface area contributed by atoms with E-state index in [9.17, 15) is 18.4 Å². The minimum atomic E-state index is -2.39. The molecule has 0 radical (unpaired) electrons. The molecule has 3 rings (SSSR count). The molecule has 1 aromatic heterocycles. The maximum absolute atomic E-state index is 12.5. The van der Waals surface area contributed by atoms with Gasteiger partial charge in [-0.15, -0.1) is 0 Å². The number of fused-ring (bicyclic) bond motifs is 1. The van der Waals surface area contributed by atoms with Crippen molar-refractivity contribution in [1.29, 1.82) is 0 Å². The molecule has 0 spiro atoms. The van der Waals surface area contributed by atoms with Gasteiger partial charge in [0.15, 0.2) is 5.43 Å². The van der Waals surface area contributed by atoms with E-state index in [-0.39, 0.29) is 12.0 Å². The lowest BCUT2D eigenvalue weighted by atomic mass is 10.1. The van der Waals surface area contributed by atoms with Crippen LogP contribution in [0.15, 0.2) is 53.3 Å². The van der Waals surface area contributed by atoms with Crippen LogP contribution in [0.25, 0.3) is 22.2 Å². The van der Waals surface area contributed by atoms with Crippen LogP contribution in [0.4, 0.5) is 5.69 Å². The Balaban J connectivity index is 1.98. The Hall–Kier alpha value is -2.97. The highest BCUT2D eigenvalue weighted by atomic mass is 32.2. The molecule has 1 heterocycles. The molecule has 2 N–H and O–H groups in total. The van der Waals surface area contributed by atoms with Crippen molar-refractivity contribution in [3.05, 3.63) is 64.3 Å². The zero-order chi connectivity index (χ0) is 18.7. The molecule has 26 heavy (non-hydrogen) atoms. The first-order valence-corrected chi connectivity index (χ1v) is 8.86. The fourth-order valence-electron chi connectivity index (χ4n) is 2.56. The molecular formula is C18H15N2O5S-. The van der Waals surface area contributed by atoms with Crippen LogP contribution in [0.1, 0.15) is 17.3 Å². The normalized spacial score (nSPS) is 11.9. The molecular weight excluding hydrogens is 356 g/mol. The molecule has 1 unspecified atom stereocenters. The third-order valence-electron chi connectivity index (χ3n) is 3.74. The first-order chi connectivity index (χ1) is 12.5. The van der Waals surface area contributed by atoms with Crippen molar-refractivity contribution in [1.82, 2.24) is 4.98 Å². The van der Waals surface area contributed by atoms with Gasteiger partial charge in [0.2, 0.25) is 0 Å². The van der Waals surface area contributed by atoms with E-state index in [0.29, 0.717) is 27.8 Å². The van der Waals surface area contributed by atoms with Gasteiger partial charge in [0.05, 0.1) is 12.2 Å². The number of ether oxygens (including phenoxy) is 1. The van der Waals surface area contributed by atoms with Crippen LogP contribution in [0, 0.1) is 0 Å². The standard InChI is InChI=1S/C18H16N2O5S/c1-2-25-18(22)12-5-8-15-14(9-12)17(21)10-16(19-15)11-3-6-13(7-4-11)20-26(23)24/h3-10,20H,2H2,1H3,(H,19,21)(H,23,24)/p-1. The first-order valence-electron chi connectivity index (χ1n) is 7.78. The summed E-state index contributed by atoms with van der Waals surface area (Å²) in [5.41, 5.74) is 2.40. The summed E-state index contributed by atoms with van der Waals surface area (Å²) in [6, 6.07) is 12.8. The summed E-state index contributed by atoms with van der Waals surface area (Å²) in [6.45, 7) is 1.98. The fraction of sp³-hybridized carbons (Fsp3) is 0.111. The third kappa shape index (κ3) is 3.81. The second-order valence-corrected chi connectivity index (χ2v) is 6.12. The second kappa shape index (κ2) is 7.51. The molecule has 0 saturated heterocycles. The summed E-state index contributed by atoms with van der Waals surface area (Å²) in [7, 11) is 0. The Morgan fingerprint density at radius 3 is 2.58 bits per heavy atom. The van der Waals surface area contributed by atoms with Crippen LogP contribution in [0.2, 0.25) is 0 Å². The smallest absolute Gasteiger partial charge is 0.338 e. The second-order valence-electron chi connectivity index (χ2n) is 5.44. The highest BCUT2D eigenvalue weighted by Gasteiger charge is 2.10. The number of hydrogen-bond donors (Lipinski definition) is 2. The molecule has 134 valence electrons. The lowest BCUT2D eigenvalue weighted by molar-refractivity contribution is 0.0526. The molecule has 0 aliphatic rings. The Bertz CT molecular complexity index is 1040. The topological polar surface area (TPSA) is 111 Å². The zero-order valence-corrected chi connectivity index (χ0v) is 14.6. The summed E-state index contributed by atoms with van der Waals surface area (Å²) in [5.74, 6) is -0.475. The van der Waals surface area contributed by atoms with Gasteiger partial charge in [-0.3, -0.25) is 9.00 Å². The molecule has 0 fully saturated rings. The Kier molecular flexibility index (Phi) is 5.15. The summed E-state index contributed by atoms with van der Waals surface area (Å²) in [5, 5.41) is 0.388. The lowest BCUT2D eigenvalue weighted by Gasteiger charge is -2.10. The molecule has 7 nitrogen and oxygen atoms in total. The molecule has 0 aliphatic carbocycles. The average Bonchev–Trinajstić information content (AvgIpc) is 2.61. The molecule has 0 amide bonds. The van der Waals surface area contributed by atoms with Gasteiger partial charge in [0.25, 0.3) is 0 Å². The van der Waals surface area contributed by atoms with E-state index in [4.69, 9.17) is 4.74 Å².